The van der Waals surface area contributed by atoms with Gasteiger partial charge in [-0.2, -0.15) is 0 Å². The molecule has 0 aromatic heterocycles. The second kappa shape index (κ2) is 10.7. The number of anilines is 1. The molecule has 8 heteroatoms. The number of hydrogen-bond acceptors (Lipinski definition) is 4. The number of benzene rings is 1. The van der Waals surface area contributed by atoms with E-state index in [1.54, 1.807) is 12.1 Å². The lowest BCUT2D eigenvalue weighted by atomic mass is 9.99. The van der Waals surface area contributed by atoms with E-state index in [1.165, 1.54) is 25.3 Å². The first-order chi connectivity index (χ1) is 13.0. The number of nitro groups is 1. The number of nitrogens with one attached hydrogen (secondary N) is 1. The maximum absolute atomic E-state index is 11.3. The minimum Gasteiger partial charge on any atom is -0.362 e. The van der Waals surface area contributed by atoms with Gasteiger partial charge in [0, 0.05) is 43.8 Å². The summed E-state index contributed by atoms with van der Waals surface area (Å²) in [5.74, 6) is 0.654. The zero-order valence-corrected chi connectivity index (χ0v) is 17.7. The number of hydrogen-bond donors (Lipinski definition) is 1. The van der Waals surface area contributed by atoms with Gasteiger partial charge >= 0.3 is 0 Å². The standard InChI is InChI=1S/C19H29ClN4O2S/c1-3-5-6-15(4-2)14-21-19(27)23-11-9-22(10-12-23)17-8-7-16(20)13-18(17)24(25)26/h7-8,13,15H,3-6,9-12,14H2,1-2H3,(H,21,27)/t15-/m1/s1. The second-order valence-electron chi connectivity index (χ2n) is 6.97. The van der Waals surface area contributed by atoms with Crippen LogP contribution in [0.1, 0.15) is 39.5 Å². The van der Waals surface area contributed by atoms with Crippen molar-refractivity contribution in [2.45, 2.75) is 39.5 Å². The predicted molar refractivity (Wildman–Crippen MR) is 116 cm³/mol. The van der Waals surface area contributed by atoms with Crippen LogP contribution in [-0.4, -0.2) is 47.7 Å². The van der Waals surface area contributed by atoms with Crippen molar-refractivity contribution in [2.24, 2.45) is 5.92 Å². The SMILES string of the molecule is CCCC[C@@H](CC)CNC(=S)N1CCN(c2ccc(Cl)cc2[N+](=O)[O-])CC1. The van der Waals surface area contributed by atoms with Crippen LogP contribution in [0.2, 0.25) is 5.02 Å². The maximum atomic E-state index is 11.3. The molecule has 1 aromatic rings. The van der Waals surface area contributed by atoms with Crippen molar-refractivity contribution >= 4 is 40.3 Å². The molecule has 1 saturated heterocycles. The first kappa shape index (κ1) is 21.7. The quantitative estimate of drug-likeness (QED) is 0.386. The lowest BCUT2D eigenvalue weighted by molar-refractivity contribution is -0.384. The summed E-state index contributed by atoms with van der Waals surface area (Å²) in [6.07, 6.45) is 4.87. The van der Waals surface area contributed by atoms with Crippen molar-refractivity contribution in [1.82, 2.24) is 10.2 Å². The van der Waals surface area contributed by atoms with Gasteiger partial charge in [-0.25, -0.2) is 0 Å². The van der Waals surface area contributed by atoms with Crippen molar-refractivity contribution in [2.75, 3.05) is 37.6 Å². The Bertz CT molecular complexity index is 651. The van der Waals surface area contributed by atoms with E-state index in [9.17, 15) is 10.1 Å². The third-order valence-electron chi connectivity index (χ3n) is 5.13. The van der Waals surface area contributed by atoms with Crippen LogP contribution in [0.5, 0.6) is 0 Å². The molecule has 1 atom stereocenters. The lowest BCUT2D eigenvalue weighted by Gasteiger charge is -2.37. The van der Waals surface area contributed by atoms with Crippen molar-refractivity contribution in [1.29, 1.82) is 0 Å². The summed E-state index contributed by atoms with van der Waals surface area (Å²) in [5.41, 5.74) is 0.673. The Balaban J connectivity index is 1.88. The van der Waals surface area contributed by atoms with Crippen LogP contribution in [0.4, 0.5) is 11.4 Å². The van der Waals surface area contributed by atoms with Gasteiger partial charge in [-0.05, 0) is 36.7 Å². The first-order valence-corrected chi connectivity index (χ1v) is 10.5. The Morgan fingerprint density at radius 2 is 2.04 bits per heavy atom. The monoisotopic (exact) mass is 412 g/mol. The highest BCUT2D eigenvalue weighted by Crippen LogP contribution is 2.31. The number of thiocarbonyl (C=S) groups is 1. The summed E-state index contributed by atoms with van der Waals surface area (Å²) < 4.78 is 0. The van der Waals surface area contributed by atoms with Gasteiger partial charge in [0.15, 0.2) is 5.11 Å². The molecule has 0 saturated carbocycles. The summed E-state index contributed by atoms with van der Waals surface area (Å²) in [5, 5.41) is 15.9. The topological polar surface area (TPSA) is 61.6 Å². The number of rotatable bonds is 8. The van der Waals surface area contributed by atoms with Gasteiger partial charge in [0.2, 0.25) is 0 Å². The first-order valence-electron chi connectivity index (χ1n) is 9.67. The van der Waals surface area contributed by atoms with Crippen molar-refractivity contribution < 1.29 is 4.92 Å². The van der Waals surface area contributed by atoms with E-state index in [0.717, 1.165) is 31.2 Å². The second-order valence-corrected chi connectivity index (χ2v) is 7.79. The molecule has 1 fully saturated rings. The fourth-order valence-corrected chi connectivity index (χ4v) is 3.78. The van der Waals surface area contributed by atoms with Gasteiger partial charge < -0.3 is 15.1 Å². The van der Waals surface area contributed by atoms with E-state index in [-0.39, 0.29) is 10.6 Å². The summed E-state index contributed by atoms with van der Waals surface area (Å²) >= 11 is 11.5. The van der Waals surface area contributed by atoms with Gasteiger partial charge in [0.05, 0.1) is 4.92 Å². The molecule has 0 radical (unpaired) electrons. The average molecular weight is 413 g/mol. The average Bonchev–Trinajstić information content (AvgIpc) is 2.68. The molecule has 6 nitrogen and oxygen atoms in total. The number of piperazine rings is 1. The Morgan fingerprint density at radius 1 is 1.33 bits per heavy atom. The summed E-state index contributed by atoms with van der Waals surface area (Å²) in [6, 6.07) is 4.84. The molecule has 0 spiro atoms. The predicted octanol–water partition coefficient (Wildman–Crippen LogP) is 4.46. The van der Waals surface area contributed by atoms with E-state index in [2.05, 4.69) is 24.1 Å². The molecule has 0 bridgehead atoms. The Labute approximate surface area is 172 Å². The van der Waals surface area contributed by atoms with Crippen LogP contribution >= 0.6 is 23.8 Å². The smallest absolute Gasteiger partial charge is 0.294 e. The molecule has 0 unspecified atom stereocenters. The molecule has 0 aliphatic carbocycles. The third kappa shape index (κ3) is 6.21. The molecule has 0 amide bonds. The molecule has 1 N–H and O–H groups in total. The highest BCUT2D eigenvalue weighted by Gasteiger charge is 2.25. The minimum atomic E-state index is -0.374. The maximum Gasteiger partial charge on any atom is 0.294 e. The highest BCUT2D eigenvalue weighted by molar-refractivity contribution is 7.80. The number of nitrogens with zero attached hydrogens (tertiary/aromatic N) is 3. The molecule has 2 rings (SSSR count). The Morgan fingerprint density at radius 3 is 2.63 bits per heavy atom. The molecule has 1 aliphatic heterocycles. The van der Waals surface area contributed by atoms with Crippen LogP contribution in [0.15, 0.2) is 18.2 Å². The van der Waals surface area contributed by atoms with Gasteiger partial charge in [-0.15, -0.1) is 0 Å². The van der Waals surface area contributed by atoms with Crippen molar-refractivity contribution in [3.8, 4) is 0 Å². The number of nitro benzene ring substituents is 1. The molecular formula is C19H29ClN4O2S. The summed E-state index contributed by atoms with van der Waals surface area (Å²) in [4.78, 5) is 15.1. The van der Waals surface area contributed by atoms with Gasteiger partial charge in [-0.1, -0.05) is 44.7 Å². The van der Waals surface area contributed by atoms with E-state index in [4.69, 9.17) is 23.8 Å². The molecule has 1 heterocycles. The van der Waals surface area contributed by atoms with Gasteiger partial charge in [0.25, 0.3) is 5.69 Å². The van der Waals surface area contributed by atoms with Crippen molar-refractivity contribution in [3.05, 3.63) is 33.3 Å². The summed E-state index contributed by atoms with van der Waals surface area (Å²) in [6.45, 7) is 8.24. The van der Waals surface area contributed by atoms with Crippen molar-refractivity contribution in [3.63, 3.8) is 0 Å². The van der Waals surface area contributed by atoms with Crippen LogP contribution in [-0.2, 0) is 0 Å². The largest absolute Gasteiger partial charge is 0.362 e. The van der Waals surface area contributed by atoms with Crippen LogP contribution in [0.3, 0.4) is 0 Å². The van der Waals surface area contributed by atoms with Gasteiger partial charge in [0.1, 0.15) is 5.69 Å². The number of halogens is 1. The Hall–Kier alpha value is -1.60. The molecule has 1 aromatic carbocycles. The summed E-state index contributed by atoms with van der Waals surface area (Å²) in [7, 11) is 0. The van der Waals surface area contributed by atoms with Crippen LogP contribution < -0.4 is 10.2 Å². The van der Waals surface area contributed by atoms with E-state index in [0.29, 0.717) is 29.7 Å². The van der Waals surface area contributed by atoms with Gasteiger partial charge in [-0.3, -0.25) is 10.1 Å². The molecule has 1 aliphatic rings. The minimum absolute atomic E-state index is 0.0540. The van der Waals surface area contributed by atoms with Crippen LogP contribution in [0.25, 0.3) is 0 Å². The van der Waals surface area contributed by atoms with E-state index in [1.807, 2.05) is 4.90 Å². The fraction of sp³-hybridized carbons (Fsp3) is 0.632. The Kier molecular flexibility index (Phi) is 8.57. The normalized spacial score (nSPS) is 15.5. The van der Waals surface area contributed by atoms with Crippen LogP contribution in [0, 0.1) is 16.0 Å². The zero-order chi connectivity index (χ0) is 19.8. The lowest BCUT2D eigenvalue weighted by Crippen LogP contribution is -2.52. The van der Waals surface area contributed by atoms with E-state index < -0.39 is 0 Å². The zero-order valence-electron chi connectivity index (χ0n) is 16.1. The fourth-order valence-electron chi connectivity index (χ4n) is 3.35. The third-order valence-corrected chi connectivity index (χ3v) is 5.76. The number of unbranched alkanes of at least 4 members (excludes halogenated alkanes) is 1. The highest BCUT2D eigenvalue weighted by atomic mass is 35.5. The molecule has 150 valence electrons. The molecular weight excluding hydrogens is 384 g/mol. The molecule has 27 heavy (non-hydrogen) atoms. The van der Waals surface area contributed by atoms with E-state index >= 15 is 0 Å².